The van der Waals surface area contributed by atoms with E-state index in [1.807, 2.05) is 48.5 Å². The van der Waals surface area contributed by atoms with Crippen LogP contribution in [0.5, 0.6) is 5.75 Å². The highest BCUT2D eigenvalue weighted by Gasteiger charge is 2.11. The van der Waals surface area contributed by atoms with E-state index in [1.54, 1.807) is 18.3 Å². The van der Waals surface area contributed by atoms with E-state index in [0.717, 1.165) is 35.1 Å². The van der Waals surface area contributed by atoms with Gasteiger partial charge in [-0.3, -0.25) is 4.79 Å². The number of carbonyl (C=O) groups excluding carboxylic acids is 1. The number of hydrogen-bond donors (Lipinski definition) is 2. The molecule has 0 aliphatic carbocycles. The molecule has 3 aromatic rings. The lowest BCUT2D eigenvalue weighted by Gasteiger charge is -2.20. The van der Waals surface area contributed by atoms with E-state index in [1.165, 1.54) is 0 Å². The highest BCUT2D eigenvalue weighted by Crippen LogP contribution is 2.24. The van der Waals surface area contributed by atoms with Gasteiger partial charge in [-0.25, -0.2) is 5.43 Å². The molecule has 0 heterocycles. The fourth-order valence-electron chi connectivity index (χ4n) is 3.00. The third-order valence-corrected chi connectivity index (χ3v) is 4.51. The van der Waals surface area contributed by atoms with Crippen molar-refractivity contribution >= 4 is 28.6 Å². The first-order valence-corrected chi connectivity index (χ1v) is 9.02. The quantitative estimate of drug-likeness (QED) is 0.512. The molecule has 0 saturated carbocycles. The van der Waals surface area contributed by atoms with Crippen molar-refractivity contribution in [3.8, 4) is 5.75 Å². The van der Waals surface area contributed by atoms with Crippen LogP contribution in [0.25, 0.3) is 10.8 Å². The zero-order valence-corrected chi connectivity index (χ0v) is 15.5. The van der Waals surface area contributed by atoms with Gasteiger partial charge in [0.1, 0.15) is 5.75 Å². The third kappa shape index (κ3) is 4.26. The molecule has 1 amide bonds. The first-order chi connectivity index (χ1) is 13.1. The Bertz CT molecular complexity index is 961. The molecule has 0 unspecified atom stereocenters. The molecule has 0 aliphatic heterocycles. The molecule has 0 saturated heterocycles. The van der Waals surface area contributed by atoms with Gasteiger partial charge >= 0.3 is 0 Å². The summed E-state index contributed by atoms with van der Waals surface area (Å²) in [7, 11) is 0. The van der Waals surface area contributed by atoms with E-state index in [0.29, 0.717) is 0 Å². The Labute approximate surface area is 158 Å². The Morgan fingerprint density at radius 1 is 1.04 bits per heavy atom. The van der Waals surface area contributed by atoms with Crippen LogP contribution in [0.3, 0.4) is 0 Å². The fraction of sp³-hybridized carbons (Fsp3) is 0.182. The van der Waals surface area contributed by atoms with E-state index < -0.39 is 5.91 Å². The van der Waals surface area contributed by atoms with Crippen LogP contribution >= 0.6 is 0 Å². The number of amides is 1. The second-order valence-electron chi connectivity index (χ2n) is 6.18. The molecule has 0 fully saturated rings. The maximum absolute atomic E-state index is 12.3. The number of fused-ring (bicyclic) bond motifs is 1. The Hall–Kier alpha value is -3.34. The van der Waals surface area contributed by atoms with Crippen molar-refractivity contribution in [1.82, 2.24) is 5.43 Å². The van der Waals surface area contributed by atoms with E-state index in [2.05, 4.69) is 29.3 Å². The molecule has 3 aromatic carbocycles. The molecular formula is C22H23N3O2. The molecule has 3 rings (SSSR count). The summed E-state index contributed by atoms with van der Waals surface area (Å²) in [4.78, 5) is 14.6. The van der Waals surface area contributed by atoms with Crippen molar-refractivity contribution in [2.75, 3.05) is 18.0 Å². The summed E-state index contributed by atoms with van der Waals surface area (Å²) in [5.74, 6) is -0.515. The summed E-state index contributed by atoms with van der Waals surface area (Å²) in [6.07, 6.45) is 1.59. The SMILES string of the molecule is CCN(CC)c1ccc(C=NNC(=O)c2cc3ccccc3cc2O)cc1. The summed E-state index contributed by atoms with van der Waals surface area (Å²) >= 11 is 0. The number of anilines is 1. The highest BCUT2D eigenvalue weighted by atomic mass is 16.3. The molecule has 0 radical (unpaired) electrons. The number of rotatable bonds is 6. The number of nitrogens with one attached hydrogen (secondary N) is 1. The molecule has 27 heavy (non-hydrogen) atoms. The van der Waals surface area contributed by atoms with Crippen LogP contribution < -0.4 is 10.3 Å². The van der Waals surface area contributed by atoms with E-state index in [9.17, 15) is 9.90 Å². The number of hydrogen-bond acceptors (Lipinski definition) is 4. The van der Waals surface area contributed by atoms with Crippen LogP contribution in [0.1, 0.15) is 29.8 Å². The molecule has 0 bridgehead atoms. The molecule has 138 valence electrons. The lowest BCUT2D eigenvalue weighted by molar-refractivity contribution is 0.0952. The smallest absolute Gasteiger partial charge is 0.275 e. The van der Waals surface area contributed by atoms with Gasteiger partial charge in [-0.05, 0) is 54.4 Å². The first-order valence-electron chi connectivity index (χ1n) is 9.02. The van der Waals surface area contributed by atoms with Gasteiger partial charge in [-0.1, -0.05) is 36.4 Å². The van der Waals surface area contributed by atoms with Gasteiger partial charge in [0, 0.05) is 18.8 Å². The van der Waals surface area contributed by atoms with Gasteiger partial charge < -0.3 is 10.0 Å². The number of hydrazone groups is 1. The first kappa shape index (κ1) is 18.5. The van der Waals surface area contributed by atoms with E-state index in [-0.39, 0.29) is 11.3 Å². The van der Waals surface area contributed by atoms with Crippen LogP contribution in [-0.2, 0) is 0 Å². The second-order valence-corrected chi connectivity index (χ2v) is 6.18. The van der Waals surface area contributed by atoms with Crippen molar-refractivity contribution < 1.29 is 9.90 Å². The lowest BCUT2D eigenvalue weighted by atomic mass is 10.1. The molecule has 2 N–H and O–H groups in total. The molecule has 5 nitrogen and oxygen atoms in total. The van der Waals surface area contributed by atoms with Crippen molar-refractivity contribution in [3.63, 3.8) is 0 Å². The van der Waals surface area contributed by atoms with Crippen LogP contribution in [0.4, 0.5) is 5.69 Å². The minimum atomic E-state index is -0.450. The lowest BCUT2D eigenvalue weighted by Crippen LogP contribution is -2.21. The summed E-state index contributed by atoms with van der Waals surface area (Å²) in [5, 5.41) is 15.9. The summed E-state index contributed by atoms with van der Waals surface area (Å²) < 4.78 is 0. The van der Waals surface area contributed by atoms with Crippen LogP contribution in [0.2, 0.25) is 0 Å². The number of benzene rings is 3. The van der Waals surface area contributed by atoms with Crippen molar-refractivity contribution in [2.24, 2.45) is 5.10 Å². The van der Waals surface area contributed by atoms with Crippen LogP contribution in [-0.4, -0.2) is 30.3 Å². The monoisotopic (exact) mass is 361 g/mol. The highest BCUT2D eigenvalue weighted by molar-refractivity contribution is 6.01. The molecule has 5 heteroatoms. The zero-order chi connectivity index (χ0) is 19.2. The topological polar surface area (TPSA) is 64.9 Å². The molecule has 0 atom stereocenters. The Morgan fingerprint density at radius 3 is 2.30 bits per heavy atom. The summed E-state index contributed by atoms with van der Waals surface area (Å²) in [6, 6.07) is 18.8. The molecular weight excluding hydrogens is 338 g/mol. The van der Waals surface area contributed by atoms with Gasteiger partial charge in [0.15, 0.2) is 0 Å². The minimum Gasteiger partial charge on any atom is -0.507 e. The molecule has 0 aliphatic rings. The van der Waals surface area contributed by atoms with Crippen molar-refractivity contribution in [2.45, 2.75) is 13.8 Å². The predicted molar refractivity (Wildman–Crippen MR) is 111 cm³/mol. The number of nitrogens with zero attached hydrogens (tertiary/aromatic N) is 2. The van der Waals surface area contributed by atoms with Crippen molar-refractivity contribution in [1.29, 1.82) is 0 Å². The normalized spacial score (nSPS) is 11.0. The largest absolute Gasteiger partial charge is 0.507 e. The Balaban J connectivity index is 1.69. The van der Waals surface area contributed by atoms with Crippen LogP contribution in [0.15, 0.2) is 65.8 Å². The summed E-state index contributed by atoms with van der Waals surface area (Å²) in [6.45, 7) is 6.15. The third-order valence-electron chi connectivity index (χ3n) is 4.51. The van der Waals surface area contributed by atoms with Gasteiger partial charge in [0.2, 0.25) is 0 Å². The molecule has 0 aromatic heterocycles. The molecule has 0 spiro atoms. The second kappa shape index (κ2) is 8.36. The van der Waals surface area contributed by atoms with Crippen molar-refractivity contribution in [3.05, 3.63) is 71.8 Å². The summed E-state index contributed by atoms with van der Waals surface area (Å²) in [5.41, 5.74) is 4.71. The Kier molecular flexibility index (Phi) is 5.71. The minimum absolute atomic E-state index is 0.0648. The number of phenolic OH excluding ortho intramolecular Hbond substituents is 1. The van der Waals surface area contributed by atoms with E-state index in [4.69, 9.17) is 0 Å². The number of aromatic hydroxyl groups is 1. The van der Waals surface area contributed by atoms with E-state index >= 15 is 0 Å². The maximum Gasteiger partial charge on any atom is 0.275 e. The maximum atomic E-state index is 12.3. The van der Waals surface area contributed by atoms with Gasteiger partial charge in [0.25, 0.3) is 5.91 Å². The van der Waals surface area contributed by atoms with Gasteiger partial charge in [-0.15, -0.1) is 0 Å². The van der Waals surface area contributed by atoms with Gasteiger partial charge in [0.05, 0.1) is 11.8 Å². The average Bonchev–Trinajstić information content (AvgIpc) is 2.69. The fourth-order valence-corrected chi connectivity index (χ4v) is 3.00. The Morgan fingerprint density at radius 2 is 1.67 bits per heavy atom. The van der Waals surface area contributed by atoms with Gasteiger partial charge in [-0.2, -0.15) is 5.10 Å². The standard InChI is InChI=1S/C22H23N3O2/c1-3-25(4-2)19-11-9-16(10-12-19)15-23-24-22(27)20-13-17-7-5-6-8-18(17)14-21(20)26/h5-15,26H,3-4H2,1-2H3,(H,24,27). The predicted octanol–water partition coefficient (Wildman–Crippen LogP) is 4.16. The number of phenols is 1. The number of carbonyl (C=O) groups is 1. The van der Waals surface area contributed by atoms with Crippen LogP contribution in [0, 0.1) is 0 Å². The average molecular weight is 361 g/mol. The zero-order valence-electron chi connectivity index (χ0n) is 15.5.